The number of thioether (sulfide) groups is 1. The van der Waals surface area contributed by atoms with Crippen LogP contribution in [-0.2, 0) is 4.79 Å². The Balaban J connectivity index is 2.60. The van der Waals surface area contributed by atoms with Gasteiger partial charge >= 0.3 is 11.2 Å². The number of nitrogens with one attached hydrogen (secondary N) is 1. The second kappa shape index (κ2) is 2.13. The van der Waals surface area contributed by atoms with Crippen LogP contribution in [0.1, 0.15) is 0 Å². The van der Waals surface area contributed by atoms with E-state index in [-0.39, 0.29) is 0 Å². The maximum Gasteiger partial charge on any atom is 0.370 e. The average Bonchev–Trinajstić information content (AvgIpc) is 1.77. The molecule has 0 bridgehead atoms. The fraction of sp³-hybridized carbons (Fsp3) is 0.750. The fourth-order valence-corrected chi connectivity index (χ4v) is 1.18. The highest BCUT2D eigenvalue weighted by Gasteiger charge is 2.41. The van der Waals surface area contributed by atoms with Gasteiger partial charge in [0, 0.05) is 12.3 Å². The van der Waals surface area contributed by atoms with Gasteiger partial charge in [0.2, 0.25) is 0 Å². The van der Waals surface area contributed by atoms with Crippen molar-refractivity contribution in [2.45, 2.75) is 5.25 Å². The van der Waals surface area contributed by atoms with E-state index >= 15 is 0 Å². The van der Waals surface area contributed by atoms with E-state index in [1.807, 2.05) is 0 Å². The van der Waals surface area contributed by atoms with E-state index in [2.05, 4.69) is 5.32 Å². The summed E-state index contributed by atoms with van der Waals surface area (Å²) in [7, 11) is 0. The van der Waals surface area contributed by atoms with Gasteiger partial charge in [-0.25, -0.2) is 0 Å². The van der Waals surface area contributed by atoms with Crippen molar-refractivity contribution in [1.82, 2.24) is 5.32 Å². The molecule has 1 saturated heterocycles. The summed E-state index contributed by atoms with van der Waals surface area (Å²) in [6.07, 6.45) is 0. The average molecular weight is 153 g/mol. The summed E-state index contributed by atoms with van der Waals surface area (Å²) in [6, 6.07) is 0. The van der Waals surface area contributed by atoms with E-state index in [0.29, 0.717) is 24.1 Å². The Morgan fingerprint density at radius 3 is 2.67 bits per heavy atom. The molecule has 0 aromatic rings. The zero-order valence-electron chi connectivity index (χ0n) is 4.49. The Bertz CT molecular complexity index is 139. The van der Waals surface area contributed by atoms with Crippen molar-refractivity contribution in [1.29, 1.82) is 0 Å². The molecule has 1 fully saturated rings. The van der Waals surface area contributed by atoms with E-state index in [9.17, 15) is 13.6 Å². The minimum atomic E-state index is -3.20. The zero-order valence-corrected chi connectivity index (χ0v) is 5.30. The fourth-order valence-electron chi connectivity index (χ4n) is 0.512. The van der Waals surface area contributed by atoms with Gasteiger partial charge in [0.1, 0.15) is 0 Å². The highest BCUT2D eigenvalue weighted by molar-refractivity contribution is 8.01. The number of hydrogen-bond donors (Lipinski definition) is 1. The molecule has 2 nitrogen and oxygen atoms in total. The molecule has 0 aliphatic carbocycles. The van der Waals surface area contributed by atoms with Gasteiger partial charge in [-0.1, -0.05) is 11.8 Å². The molecule has 0 aromatic carbocycles. The van der Waals surface area contributed by atoms with Gasteiger partial charge in [-0.15, -0.1) is 0 Å². The van der Waals surface area contributed by atoms with Crippen LogP contribution in [0, 0.1) is 0 Å². The molecule has 0 aromatic heterocycles. The van der Waals surface area contributed by atoms with Crippen molar-refractivity contribution < 1.29 is 13.6 Å². The highest BCUT2D eigenvalue weighted by atomic mass is 32.2. The van der Waals surface area contributed by atoms with Crippen LogP contribution in [-0.4, -0.2) is 23.5 Å². The van der Waals surface area contributed by atoms with Crippen LogP contribution in [0.25, 0.3) is 0 Å². The molecule has 9 heavy (non-hydrogen) atoms. The summed E-state index contributed by atoms with van der Waals surface area (Å²) in [6.45, 7) is 0.346. The number of amides is 1. The second-order valence-electron chi connectivity index (χ2n) is 1.62. The topological polar surface area (TPSA) is 29.1 Å². The van der Waals surface area contributed by atoms with Crippen LogP contribution in [0.5, 0.6) is 0 Å². The SMILES string of the molecule is O=C1NCCSC1(F)F. The Labute approximate surface area is 55.0 Å². The van der Waals surface area contributed by atoms with E-state index in [1.54, 1.807) is 0 Å². The van der Waals surface area contributed by atoms with Crippen molar-refractivity contribution >= 4 is 17.7 Å². The van der Waals surface area contributed by atoms with Crippen LogP contribution in [0.15, 0.2) is 0 Å². The molecule has 1 rings (SSSR count). The molecule has 1 aliphatic rings. The molecule has 5 heteroatoms. The van der Waals surface area contributed by atoms with Gasteiger partial charge in [-0.05, 0) is 0 Å². The van der Waals surface area contributed by atoms with Crippen LogP contribution in [0.2, 0.25) is 0 Å². The molecule has 0 atom stereocenters. The lowest BCUT2D eigenvalue weighted by Crippen LogP contribution is -2.43. The van der Waals surface area contributed by atoms with Crippen molar-refractivity contribution in [3.05, 3.63) is 0 Å². The van der Waals surface area contributed by atoms with Gasteiger partial charge in [0.25, 0.3) is 0 Å². The van der Waals surface area contributed by atoms with Gasteiger partial charge in [0.15, 0.2) is 0 Å². The molecular formula is C4H5F2NOS. The van der Waals surface area contributed by atoms with Gasteiger partial charge in [0.05, 0.1) is 0 Å². The van der Waals surface area contributed by atoms with Crippen molar-refractivity contribution in [2.75, 3.05) is 12.3 Å². The minimum absolute atomic E-state index is 0.290. The van der Waals surface area contributed by atoms with Crippen LogP contribution < -0.4 is 5.32 Å². The lowest BCUT2D eigenvalue weighted by atomic mass is 10.6. The molecule has 0 saturated carbocycles. The molecule has 0 unspecified atom stereocenters. The van der Waals surface area contributed by atoms with Gasteiger partial charge in [-0.2, -0.15) is 8.78 Å². The van der Waals surface area contributed by atoms with Crippen molar-refractivity contribution in [2.24, 2.45) is 0 Å². The first kappa shape index (κ1) is 6.80. The molecule has 1 N–H and O–H groups in total. The monoisotopic (exact) mass is 153 g/mol. The number of halogens is 2. The molecule has 0 radical (unpaired) electrons. The van der Waals surface area contributed by atoms with E-state index in [1.165, 1.54) is 0 Å². The Hall–Kier alpha value is -0.320. The first-order valence-corrected chi connectivity index (χ1v) is 3.41. The van der Waals surface area contributed by atoms with Gasteiger partial charge < -0.3 is 5.32 Å². The summed E-state index contributed by atoms with van der Waals surface area (Å²) in [5.74, 6) is -0.877. The van der Waals surface area contributed by atoms with E-state index in [0.717, 1.165) is 0 Å². The number of hydrogen-bond acceptors (Lipinski definition) is 2. The molecule has 52 valence electrons. The second-order valence-corrected chi connectivity index (χ2v) is 2.83. The summed E-state index contributed by atoms with van der Waals surface area (Å²) in [4.78, 5) is 10.2. The highest BCUT2D eigenvalue weighted by Crippen LogP contribution is 2.30. The third-order valence-electron chi connectivity index (χ3n) is 0.935. The predicted molar refractivity (Wildman–Crippen MR) is 30.4 cm³/mol. The van der Waals surface area contributed by atoms with Crippen LogP contribution in [0.3, 0.4) is 0 Å². The maximum absolute atomic E-state index is 12.1. The maximum atomic E-state index is 12.1. The number of alkyl halides is 2. The third-order valence-corrected chi connectivity index (χ3v) is 1.89. The molecule has 0 spiro atoms. The predicted octanol–water partition coefficient (Wildman–Crippen LogP) is 0.442. The van der Waals surface area contributed by atoms with Crippen LogP contribution >= 0.6 is 11.8 Å². The number of rotatable bonds is 0. The summed E-state index contributed by atoms with van der Waals surface area (Å²) >= 11 is 0.383. The minimum Gasteiger partial charge on any atom is -0.349 e. The summed E-state index contributed by atoms with van der Waals surface area (Å²) < 4.78 is 24.3. The van der Waals surface area contributed by atoms with E-state index in [4.69, 9.17) is 0 Å². The first-order valence-electron chi connectivity index (χ1n) is 2.43. The number of carbonyl (C=O) groups excluding carboxylic acids is 1. The third kappa shape index (κ3) is 1.32. The van der Waals surface area contributed by atoms with Gasteiger partial charge in [-0.3, -0.25) is 4.79 Å². The standard InChI is InChI=1S/C4H5F2NOS/c5-4(6)3(8)7-1-2-9-4/h1-2H2,(H,7,8). The lowest BCUT2D eigenvalue weighted by molar-refractivity contribution is -0.135. The lowest BCUT2D eigenvalue weighted by Gasteiger charge is -2.19. The number of carbonyl (C=O) groups is 1. The molecule has 1 aliphatic heterocycles. The smallest absolute Gasteiger partial charge is 0.349 e. The molecule has 1 amide bonds. The summed E-state index contributed by atoms with van der Waals surface area (Å²) in [5.41, 5.74) is 0. The quantitative estimate of drug-likeness (QED) is 0.547. The zero-order chi connectivity index (χ0) is 6.91. The van der Waals surface area contributed by atoms with Crippen molar-refractivity contribution in [3.63, 3.8) is 0 Å². The Morgan fingerprint density at radius 2 is 2.33 bits per heavy atom. The van der Waals surface area contributed by atoms with Crippen molar-refractivity contribution in [3.8, 4) is 0 Å². The molecule has 1 heterocycles. The van der Waals surface area contributed by atoms with E-state index < -0.39 is 11.2 Å². The van der Waals surface area contributed by atoms with Crippen LogP contribution in [0.4, 0.5) is 8.78 Å². The molecular weight excluding hydrogens is 148 g/mol. The first-order chi connectivity index (χ1) is 4.13. The Morgan fingerprint density at radius 1 is 1.67 bits per heavy atom. The summed E-state index contributed by atoms with van der Waals surface area (Å²) in [5, 5.41) is -1.13. The Kier molecular flexibility index (Phi) is 1.61. The normalized spacial score (nSPS) is 25.3. The largest absolute Gasteiger partial charge is 0.370 e.